The van der Waals surface area contributed by atoms with Crippen LogP contribution in [0.4, 0.5) is 0 Å². The number of carbonyl (C=O) groups is 1. The Kier molecular flexibility index (Phi) is 5.31. The van der Waals surface area contributed by atoms with Crippen LogP contribution in [0, 0.1) is 5.92 Å². The molecule has 3 aliphatic heterocycles. The Labute approximate surface area is 155 Å². The number of hydrogen-bond acceptors (Lipinski definition) is 5. The molecular formula is C20H28N2O4. The molecule has 0 bridgehead atoms. The molecule has 6 heteroatoms. The van der Waals surface area contributed by atoms with Gasteiger partial charge in [0.2, 0.25) is 5.91 Å². The monoisotopic (exact) mass is 360 g/mol. The molecule has 1 atom stereocenters. The lowest BCUT2D eigenvalue weighted by molar-refractivity contribution is -0.141. The molecule has 0 aliphatic carbocycles. The van der Waals surface area contributed by atoms with Crippen molar-refractivity contribution in [2.45, 2.75) is 25.3 Å². The van der Waals surface area contributed by atoms with E-state index in [1.807, 2.05) is 17.0 Å². The molecule has 2 fully saturated rings. The van der Waals surface area contributed by atoms with Gasteiger partial charge in [0.1, 0.15) is 6.61 Å². The summed E-state index contributed by atoms with van der Waals surface area (Å²) in [6.45, 7) is 5.46. The van der Waals surface area contributed by atoms with Crippen LogP contribution in [0.3, 0.4) is 0 Å². The number of fused-ring (bicyclic) bond motifs is 1. The first kappa shape index (κ1) is 17.6. The number of rotatable bonds is 3. The maximum absolute atomic E-state index is 12.7. The van der Waals surface area contributed by atoms with E-state index in [1.54, 1.807) is 7.11 Å². The first-order chi connectivity index (χ1) is 12.8. The summed E-state index contributed by atoms with van der Waals surface area (Å²) in [5.41, 5.74) is 1.21. The number of methoxy groups -OCH3 is 1. The van der Waals surface area contributed by atoms with Crippen molar-refractivity contribution in [1.29, 1.82) is 0 Å². The first-order valence-corrected chi connectivity index (χ1v) is 9.65. The highest BCUT2D eigenvalue weighted by Crippen LogP contribution is 2.36. The lowest BCUT2D eigenvalue weighted by atomic mass is 9.92. The van der Waals surface area contributed by atoms with Gasteiger partial charge in [-0.05, 0) is 44.0 Å². The summed E-state index contributed by atoms with van der Waals surface area (Å²) < 4.78 is 16.8. The zero-order valence-electron chi connectivity index (χ0n) is 15.5. The van der Waals surface area contributed by atoms with Crippen LogP contribution < -0.4 is 9.47 Å². The van der Waals surface area contributed by atoms with Crippen LogP contribution in [0.2, 0.25) is 0 Å². The van der Waals surface area contributed by atoms with E-state index in [1.165, 1.54) is 5.56 Å². The summed E-state index contributed by atoms with van der Waals surface area (Å²) in [5, 5.41) is 0. The number of benzene rings is 1. The summed E-state index contributed by atoms with van der Waals surface area (Å²) in [6, 6.07) is 6.48. The zero-order chi connectivity index (χ0) is 17.9. The van der Waals surface area contributed by atoms with Crippen LogP contribution in [0.5, 0.6) is 11.5 Å². The minimum atomic E-state index is 0.168. The standard InChI is InChI=1S/C20H28N2O4/c1-24-18-4-2-3-16-13-17(14-26-19(16)18)21-7-5-15(6-8-21)20(23)22-9-11-25-12-10-22/h2-4,15,17H,5-14H2,1H3/t17-/m1/s1. The van der Waals surface area contributed by atoms with E-state index in [9.17, 15) is 4.79 Å². The van der Waals surface area contributed by atoms with E-state index >= 15 is 0 Å². The van der Waals surface area contributed by atoms with E-state index < -0.39 is 0 Å². The molecule has 3 heterocycles. The van der Waals surface area contributed by atoms with E-state index in [4.69, 9.17) is 14.2 Å². The van der Waals surface area contributed by atoms with Crippen LogP contribution in [-0.2, 0) is 16.0 Å². The predicted octanol–water partition coefficient (Wildman–Crippen LogP) is 1.57. The van der Waals surface area contributed by atoms with Gasteiger partial charge in [-0.15, -0.1) is 0 Å². The maximum Gasteiger partial charge on any atom is 0.225 e. The fraction of sp³-hybridized carbons (Fsp3) is 0.650. The highest BCUT2D eigenvalue weighted by molar-refractivity contribution is 5.79. The quantitative estimate of drug-likeness (QED) is 0.819. The molecule has 0 radical (unpaired) electrons. The normalized spacial score (nSPS) is 24.7. The molecule has 0 unspecified atom stereocenters. The third-order valence-corrected chi connectivity index (χ3v) is 5.87. The Morgan fingerprint density at radius 1 is 1.15 bits per heavy atom. The van der Waals surface area contributed by atoms with E-state index in [2.05, 4.69) is 11.0 Å². The summed E-state index contributed by atoms with van der Waals surface area (Å²) >= 11 is 0. The van der Waals surface area contributed by atoms with Gasteiger partial charge < -0.3 is 19.1 Å². The lowest BCUT2D eigenvalue weighted by Gasteiger charge is -2.40. The van der Waals surface area contributed by atoms with Crippen molar-refractivity contribution in [2.24, 2.45) is 5.92 Å². The van der Waals surface area contributed by atoms with Gasteiger partial charge in [-0.25, -0.2) is 0 Å². The number of likely N-dealkylation sites (tertiary alicyclic amines) is 1. The van der Waals surface area contributed by atoms with Crippen LogP contribution in [0.25, 0.3) is 0 Å². The number of ether oxygens (including phenoxy) is 3. The van der Waals surface area contributed by atoms with Gasteiger partial charge in [-0.2, -0.15) is 0 Å². The largest absolute Gasteiger partial charge is 0.493 e. The summed E-state index contributed by atoms with van der Waals surface area (Å²) in [4.78, 5) is 17.2. The molecule has 1 aromatic carbocycles. The Bertz CT molecular complexity index is 637. The van der Waals surface area contributed by atoms with Crippen molar-refractivity contribution in [2.75, 3.05) is 53.1 Å². The first-order valence-electron chi connectivity index (χ1n) is 9.65. The van der Waals surface area contributed by atoms with Crippen LogP contribution >= 0.6 is 0 Å². The van der Waals surface area contributed by atoms with Crippen molar-refractivity contribution < 1.29 is 19.0 Å². The molecule has 0 spiro atoms. The second kappa shape index (κ2) is 7.84. The molecule has 0 aromatic heterocycles. The Morgan fingerprint density at radius 2 is 1.92 bits per heavy atom. The summed E-state index contributed by atoms with van der Waals surface area (Å²) in [5.74, 6) is 2.20. The summed E-state index contributed by atoms with van der Waals surface area (Å²) in [6.07, 6.45) is 2.87. The molecule has 142 valence electrons. The van der Waals surface area contributed by atoms with Gasteiger partial charge in [0.15, 0.2) is 11.5 Å². The van der Waals surface area contributed by atoms with Gasteiger partial charge in [0, 0.05) is 25.0 Å². The Hall–Kier alpha value is -1.79. The smallest absolute Gasteiger partial charge is 0.225 e. The molecule has 6 nitrogen and oxygen atoms in total. The fourth-order valence-electron chi connectivity index (χ4n) is 4.33. The number of para-hydroxylation sites is 1. The number of piperidine rings is 1. The average molecular weight is 360 g/mol. The number of amides is 1. The van der Waals surface area contributed by atoms with Gasteiger partial charge >= 0.3 is 0 Å². The Morgan fingerprint density at radius 3 is 2.65 bits per heavy atom. The van der Waals surface area contributed by atoms with Crippen molar-refractivity contribution >= 4 is 5.91 Å². The third kappa shape index (κ3) is 3.53. The fourth-order valence-corrected chi connectivity index (χ4v) is 4.33. The van der Waals surface area contributed by atoms with Crippen molar-refractivity contribution in [1.82, 2.24) is 9.80 Å². The molecule has 4 rings (SSSR count). The van der Waals surface area contributed by atoms with Crippen LogP contribution in [0.1, 0.15) is 18.4 Å². The van der Waals surface area contributed by atoms with Crippen molar-refractivity contribution in [3.05, 3.63) is 23.8 Å². The van der Waals surface area contributed by atoms with Gasteiger partial charge in [-0.3, -0.25) is 9.69 Å². The topological polar surface area (TPSA) is 51.2 Å². The molecule has 1 aromatic rings. The SMILES string of the molecule is COc1cccc2c1OC[C@H](N1CCC(C(=O)N3CCOCC3)CC1)C2. The molecular weight excluding hydrogens is 332 g/mol. The van der Waals surface area contributed by atoms with Gasteiger partial charge in [-0.1, -0.05) is 12.1 Å². The third-order valence-electron chi connectivity index (χ3n) is 5.87. The number of nitrogens with zero attached hydrogens (tertiary/aromatic N) is 2. The second-order valence-corrected chi connectivity index (χ2v) is 7.37. The highest BCUT2D eigenvalue weighted by atomic mass is 16.5. The van der Waals surface area contributed by atoms with Gasteiger partial charge in [0.05, 0.1) is 20.3 Å². The molecule has 1 amide bonds. The molecule has 2 saturated heterocycles. The highest BCUT2D eigenvalue weighted by Gasteiger charge is 2.33. The predicted molar refractivity (Wildman–Crippen MR) is 97.7 cm³/mol. The van der Waals surface area contributed by atoms with Gasteiger partial charge in [0.25, 0.3) is 0 Å². The van der Waals surface area contributed by atoms with Crippen molar-refractivity contribution in [3.63, 3.8) is 0 Å². The Balaban J connectivity index is 1.33. The van der Waals surface area contributed by atoms with E-state index in [0.717, 1.165) is 56.9 Å². The lowest BCUT2D eigenvalue weighted by Crippen LogP contribution is -2.50. The minimum Gasteiger partial charge on any atom is -0.493 e. The van der Waals surface area contributed by atoms with E-state index in [-0.39, 0.29) is 5.92 Å². The molecule has 26 heavy (non-hydrogen) atoms. The summed E-state index contributed by atoms with van der Waals surface area (Å²) in [7, 11) is 1.68. The average Bonchev–Trinajstić information content (AvgIpc) is 2.73. The second-order valence-electron chi connectivity index (χ2n) is 7.37. The van der Waals surface area contributed by atoms with Crippen LogP contribution in [-0.4, -0.2) is 74.9 Å². The van der Waals surface area contributed by atoms with Crippen LogP contribution in [0.15, 0.2) is 18.2 Å². The minimum absolute atomic E-state index is 0.168. The van der Waals surface area contributed by atoms with E-state index in [0.29, 0.717) is 31.8 Å². The number of morpholine rings is 1. The van der Waals surface area contributed by atoms with Crippen molar-refractivity contribution in [3.8, 4) is 11.5 Å². The molecule has 0 saturated carbocycles. The maximum atomic E-state index is 12.7. The molecule has 0 N–H and O–H groups in total. The number of carbonyl (C=O) groups excluding carboxylic acids is 1. The molecule has 3 aliphatic rings. The number of hydrogen-bond donors (Lipinski definition) is 0. The zero-order valence-corrected chi connectivity index (χ0v) is 15.5.